The second kappa shape index (κ2) is 4.97. The lowest BCUT2D eigenvalue weighted by Gasteiger charge is -2.22. The third-order valence-corrected chi connectivity index (χ3v) is 3.68. The van der Waals surface area contributed by atoms with Crippen molar-refractivity contribution < 1.29 is 9.47 Å². The van der Waals surface area contributed by atoms with Gasteiger partial charge in [0, 0.05) is 5.56 Å². The molecule has 0 N–H and O–H groups in total. The van der Waals surface area contributed by atoms with Crippen LogP contribution in [-0.4, -0.2) is 4.98 Å². The Balaban J connectivity index is 0.00000161. The van der Waals surface area contributed by atoms with Crippen molar-refractivity contribution in [1.29, 1.82) is 0 Å². The minimum atomic E-state index is -0.641. The van der Waals surface area contributed by atoms with Crippen LogP contribution in [0.5, 0.6) is 0 Å². The van der Waals surface area contributed by atoms with Crippen molar-refractivity contribution in [1.82, 2.24) is 4.98 Å². The number of hydrogen-bond donors (Lipinski definition) is 0. The fourth-order valence-electron chi connectivity index (χ4n) is 2.96. The summed E-state index contributed by atoms with van der Waals surface area (Å²) in [4.78, 5) is 4.50. The Bertz CT molecular complexity index is 669. The van der Waals surface area contributed by atoms with Crippen LogP contribution in [0.25, 0.3) is 11.3 Å². The predicted octanol–water partition coefficient (Wildman–Crippen LogP) is 3.30. The first-order valence-electron chi connectivity index (χ1n) is 6.72. The Labute approximate surface area is 130 Å². The summed E-state index contributed by atoms with van der Waals surface area (Å²) < 4.78 is 6.96. The van der Waals surface area contributed by atoms with E-state index in [-0.39, 0.29) is 12.4 Å². The van der Waals surface area contributed by atoms with E-state index in [0.29, 0.717) is 11.4 Å². The first-order chi connectivity index (χ1) is 9.33. The maximum Gasteiger partial charge on any atom is 0.249 e. The van der Waals surface area contributed by atoms with E-state index in [0.717, 1.165) is 16.0 Å². The van der Waals surface area contributed by atoms with Gasteiger partial charge in [-0.3, -0.25) is 0 Å². The van der Waals surface area contributed by atoms with E-state index in [1.165, 1.54) is 0 Å². The fourth-order valence-corrected chi connectivity index (χ4v) is 2.96. The molecule has 0 spiro atoms. The zero-order chi connectivity index (χ0) is 14.5. The van der Waals surface area contributed by atoms with Crippen molar-refractivity contribution in [3.8, 4) is 11.3 Å². The van der Waals surface area contributed by atoms with Gasteiger partial charge in [-0.2, -0.15) is 4.73 Å². The summed E-state index contributed by atoms with van der Waals surface area (Å²) in [6, 6.07) is 9.56. The number of aromatic nitrogens is 2. The Hall–Kier alpha value is -1.65. The summed E-state index contributed by atoms with van der Waals surface area (Å²) >= 11 is 0. The van der Waals surface area contributed by atoms with Gasteiger partial charge in [-0.25, -0.2) is 4.98 Å². The standard InChI is InChI=1S/C16H18N2O2.ClH/c1-15(2)13-14(16(3,4)20-15)18(19)12(10-17-13)11-8-6-5-7-9-11;/h5-10H,1-4H3;1H. The molecule has 21 heavy (non-hydrogen) atoms. The van der Waals surface area contributed by atoms with Crippen LogP contribution in [0, 0.1) is 5.21 Å². The predicted molar refractivity (Wildman–Crippen MR) is 83.0 cm³/mol. The van der Waals surface area contributed by atoms with Gasteiger partial charge < -0.3 is 9.94 Å². The molecule has 2 heterocycles. The Morgan fingerprint density at radius 2 is 1.67 bits per heavy atom. The number of hydrogen-bond acceptors (Lipinski definition) is 3. The summed E-state index contributed by atoms with van der Waals surface area (Å²) in [6.07, 6.45) is 1.63. The SMILES string of the molecule is CC1(C)OC(C)(C)c2c1ncc(-c1ccccc1)[n+]2[O-].Cl. The quantitative estimate of drug-likeness (QED) is 0.600. The van der Waals surface area contributed by atoms with Crippen LogP contribution in [0.15, 0.2) is 36.5 Å². The molecule has 1 aliphatic rings. The maximum atomic E-state index is 12.8. The van der Waals surface area contributed by atoms with Crippen molar-refractivity contribution in [2.45, 2.75) is 38.9 Å². The average molecular weight is 307 g/mol. The second-order valence-corrected chi connectivity index (χ2v) is 6.12. The highest BCUT2D eigenvalue weighted by Gasteiger charge is 2.51. The zero-order valence-electron chi connectivity index (χ0n) is 12.6. The molecule has 0 atom stereocenters. The van der Waals surface area contributed by atoms with Gasteiger partial charge in [0.1, 0.15) is 17.5 Å². The van der Waals surface area contributed by atoms with Crippen LogP contribution in [0.3, 0.4) is 0 Å². The van der Waals surface area contributed by atoms with E-state index in [2.05, 4.69) is 4.98 Å². The van der Waals surface area contributed by atoms with Crippen LogP contribution >= 0.6 is 12.4 Å². The highest BCUT2D eigenvalue weighted by Crippen LogP contribution is 2.44. The molecule has 5 heteroatoms. The maximum absolute atomic E-state index is 12.8. The molecule has 0 saturated carbocycles. The van der Waals surface area contributed by atoms with Crippen molar-refractivity contribution >= 4 is 12.4 Å². The van der Waals surface area contributed by atoms with E-state index < -0.39 is 11.2 Å². The fraction of sp³-hybridized carbons (Fsp3) is 0.375. The van der Waals surface area contributed by atoms with Crippen molar-refractivity contribution in [2.24, 2.45) is 0 Å². The molecule has 0 amide bonds. The van der Waals surface area contributed by atoms with Gasteiger partial charge >= 0.3 is 0 Å². The first-order valence-corrected chi connectivity index (χ1v) is 6.72. The van der Waals surface area contributed by atoms with Crippen molar-refractivity contribution in [2.75, 3.05) is 0 Å². The molecule has 0 fully saturated rings. The minimum Gasteiger partial charge on any atom is -0.618 e. The lowest BCUT2D eigenvalue weighted by molar-refractivity contribution is -0.609. The summed E-state index contributed by atoms with van der Waals surface area (Å²) in [6.45, 7) is 7.70. The molecule has 112 valence electrons. The summed E-state index contributed by atoms with van der Waals surface area (Å²) in [7, 11) is 0. The highest BCUT2D eigenvalue weighted by molar-refractivity contribution is 5.85. The van der Waals surface area contributed by atoms with E-state index >= 15 is 0 Å². The Kier molecular flexibility index (Phi) is 3.72. The molecular weight excluding hydrogens is 288 g/mol. The molecule has 0 unspecified atom stereocenters. The van der Waals surface area contributed by atoms with Gasteiger partial charge in [-0.15, -0.1) is 12.4 Å². The van der Waals surface area contributed by atoms with Crippen molar-refractivity contribution in [3.63, 3.8) is 0 Å². The Morgan fingerprint density at radius 1 is 1.05 bits per heavy atom. The monoisotopic (exact) mass is 306 g/mol. The second-order valence-electron chi connectivity index (χ2n) is 6.12. The molecule has 0 aliphatic carbocycles. The number of nitrogens with zero attached hydrogens (tertiary/aromatic N) is 2. The van der Waals surface area contributed by atoms with Crippen LogP contribution in [-0.2, 0) is 15.9 Å². The third-order valence-electron chi connectivity index (χ3n) is 3.68. The average Bonchev–Trinajstić information content (AvgIpc) is 2.56. The smallest absolute Gasteiger partial charge is 0.249 e. The van der Waals surface area contributed by atoms with Crippen LogP contribution in [0.4, 0.5) is 0 Å². The van der Waals surface area contributed by atoms with E-state index in [4.69, 9.17) is 4.74 Å². The van der Waals surface area contributed by atoms with Gasteiger partial charge in [0.25, 0.3) is 0 Å². The van der Waals surface area contributed by atoms with Crippen molar-refractivity contribution in [3.05, 3.63) is 53.1 Å². The number of rotatable bonds is 1. The van der Waals surface area contributed by atoms with Gasteiger partial charge in [0.15, 0.2) is 5.60 Å². The van der Waals surface area contributed by atoms with E-state index in [1.807, 2.05) is 58.0 Å². The summed E-state index contributed by atoms with van der Waals surface area (Å²) in [5.41, 5.74) is 1.55. The van der Waals surface area contributed by atoms with Crippen LogP contribution in [0.2, 0.25) is 0 Å². The third kappa shape index (κ3) is 2.39. The molecule has 3 rings (SSSR count). The van der Waals surface area contributed by atoms with E-state index in [1.54, 1.807) is 6.20 Å². The zero-order valence-corrected chi connectivity index (χ0v) is 13.4. The Morgan fingerprint density at radius 3 is 2.29 bits per heavy atom. The number of benzene rings is 1. The van der Waals surface area contributed by atoms with Crippen LogP contribution in [0.1, 0.15) is 39.1 Å². The largest absolute Gasteiger partial charge is 0.618 e. The summed E-state index contributed by atoms with van der Waals surface area (Å²) in [5, 5.41) is 12.8. The van der Waals surface area contributed by atoms with Gasteiger partial charge in [-0.05, 0) is 39.8 Å². The molecule has 2 aromatic rings. The lowest BCUT2D eigenvalue weighted by Crippen LogP contribution is -2.41. The van der Waals surface area contributed by atoms with Crippen LogP contribution < -0.4 is 4.73 Å². The minimum absolute atomic E-state index is 0. The molecule has 4 nitrogen and oxygen atoms in total. The first kappa shape index (κ1) is 15.7. The lowest BCUT2D eigenvalue weighted by atomic mass is 9.99. The van der Waals surface area contributed by atoms with Gasteiger partial charge in [0.05, 0.1) is 0 Å². The number of ether oxygens (including phenoxy) is 1. The normalized spacial score (nSPS) is 17.9. The molecule has 1 aromatic carbocycles. The molecule has 0 bridgehead atoms. The topological polar surface area (TPSA) is 49.1 Å². The van der Waals surface area contributed by atoms with Gasteiger partial charge in [0.2, 0.25) is 11.4 Å². The molecule has 1 aromatic heterocycles. The summed E-state index contributed by atoms with van der Waals surface area (Å²) in [5.74, 6) is 0. The molecule has 0 saturated heterocycles. The number of fused-ring (bicyclic) bond motifs is 1. The molecule has 1 aliphatic heterocycles. The molecular formula is C16H19ClN2O2. The number of halogens is 1. The van der Waals surface area contributed by atoms with Gasteiger partial charge in [-0.1, -0.05) is 18.2 Å². The highest BCUT2D eigenvalue weighted by atomic mass is 35.5. The molecule has 0 radical (unpaired) electrons. The van der Waals surface area contributed by atoms with E-state index in [9.17, 15) is 5.21 Å².